The largest absolute Gasteiger partial charge is 0.458 e. The van der Waals surface area contributed by atoms with Crippen molar-refractivity contribution in [2.24, 2.45) is 23.2 Å². The average molecular weight is 314 g/mol. The van der Waals surface area contributed by atoms with Crippen LogP contribution in [0.3, 0.4) is 0 Å². The molecule has 0 amide bonds. The summed E-state index contributed by atoms with van der Waals surface area (Å²) in [5, 5.41) is 0. The van der Waals surface area contributed by atoms with E-state index in [9.17, 15) is 9.59 Å². The van der Waals surface area contributed by atoms with Gasteiger partial charge in [-0.2, -0.15) is 0 Å². The monoisotopic (exact) mass is 314 g/mol. The van der Waals surface area contributed by atoms with Crippen LogP contribution < -0.4 is 0 Å². The number of carbonyl (C=O) groups is 2. The van der Waals surface area contributed by atoms with E-state index in [-0.39, 0.29) is 23.4 Å². The highest BCUT2D eigenvalue weighted by Gasteiger charge is 2.53. The van der Waals surface area contributed by atoms with E-state index < -0.39 is 0 Å². The second-order valence-corrected chi connectivity index (χ2v) is 7.49. The summed E-state index contributed by atoms with van der Waals surface area (Å²) in [6.45, 7) is 4.34. The van der Waals surface area contributed by atoms with E-state index in [0.29, 0.717) is 17.4 Å². The molecule has 0 radical (unpaired) electrons. The Bertz CT molecular complexity index is 568. The minimum atomic E-state index is -0.216. The van der Waals surface area contributed by atoms with Crippen LogP contribution in [0.25, 0.3) is 0 Å². The lowest BCUT2D eigenvalue weighted by molar-refractivity contribution is -0.114. The third kappa shape index (κ3) is 2.93. The molecule has 0 aliphatic heterocycles. The minimum absolute atomic E-state index is 0.00897. The first kappa shape index (κ1) is 16.2. The number of benzene rings is 1. The van der Waals surface area contributed by atoms with E-state index in [0.717, 1.165) is 38.4 Å². The van der Waals surface area contributed by atoms with Crippen molar-refractivity contribution in [3.8, 4) is 0 Å². The first-order valence-electron chi connectivity index (χ1n) is 8.77. The van der Waals surface area contributed by atoms with Gasteiger partial charge in [0.1, 0.15) is 12.4 Å². The number of rotatable bonds is 4. The molecule has 1 aromatic carbocycles. The fourth-order valence-electron chi connectivity index (χ4n) is 5.04. The van der Waals surface area contributed by atoms with Gasteiger partial charge in [-0.15, -0.1) is 0 Å². The molecule has 2 saturated carbocycles. The number of ether oxygens (including phenoxy) is 1. The lowest BCUT2D eigenvalue weighted by atomic mass is 9.62. The molecule has 5 atom stereocenters. The molecule has 0 N–H and O–H groups in total. The summed E-state index contributed by atoms with van der Waals surface area (Å²) in [6.07, 6.45) is 6.37. The van der Waals surface area contributed by atoms with Crippen LogP contribution in [0.5, 0.6) is 0 Å². The number of hydrogen-bond donors (Lipinski definition) is 0. The minimum Gasteiger partial charge on any atom is -0.458 e. The van der Waals surface area contributed by atoms with Crippen LogP contribution in [-0.4, -0.2) is 18.4 Å². The highest BCUT2D eigenvalue weighted by atomic mass is 16.5. The van der Waals surface area contributed by atoms with Crippen molar-refractivity contribution < 1.29 is 14.3 Å². The average Bonchev–Trinajstić information content (AvgIpc) is 2.93. The second kappa shape index (κ2) is 6.46. The number of carbonyl (C=O) groups excluding carboxylic acids is 2. The van der Waals surface area contributed by atoms with Gasteiger partial charge in [-0.1, -0.05) is 32.0 Å². The Balaban J connectivity index is 1.75. The number of aldehydes is 1. The van der Waals surface area contributed by atoms with Crippen LogP contribution >= 0.6 is 0 Å². The van der Waals surface area contributed by atoms with Gasteiger partial charge in [-0.3, -0.25) is 0 Å². The van der Waals surface area contributed by atoms with Crippen LogP contribution in [0, 0.1) is 23.2 Å². The fourth-order valence-corrected chi connectivity index (χ4v) is 5.04. The highest BCUT2D eigenvalue weighted by Crippen LogP contribution is 2.58. The maximum atomic E-state index is 12.4. The summed E-state index contributed by atoms with van der Waals surface area (Å²) >= 11 is 0. The fraction of sp³-hybridized carbons (Fsp3) is 0.600. The molecule has 0 aromatic heterocycles. The molecule has 3 nitrogen and oxygen atoms in total. The topological polar surface area (TPSA) is 43.4 Å². The van der Waals surface area contributed by atoms with Gasteiger partial charge in [0.25, 0.3) is 0 Å². The van der Waals surface area contributed by atoms with Crippen molar-refractivity contribution in [3.05, 3.63) is 35.9 Å². The maximum Gasteiger partial charge on any atom is 0.338 e. The maximum absolute atomic E-state index is 12.4. The summed E-state index contributed by atoms with van der Waals surface area (Å²) in [7, 11) is 0. The van der Waals surface area contributed by atoms with Crippen molar-refractivity contribution in [3.63, 3.8) is 0 Å². The molecule has 4 unspecified atom stereocenters. The SMILES string of the molecule is CC(C=O)C1CCC2C(OC(=O)c3ccccc3)CCC[C@]12C. The molecular weight excluding hydrogens is 288 g/mol. The molecule has 1 aromatic rings. The van der Waals surface area contributed by atoms with Gasteiger partial charge in [-0.25, -0.2) is 4.79 Å². The Morgan fingerprint density at radius 2 is 2.00 bits per heavy atom. The number of fused-ring (bicyclic) bond motifs is 1. The third-order valence-electron chi connectivity index (χ3n) is 6.25. The Morgan fingerprint density at radius 1 is 1.26 bits per heavy atom. The van der Waals surface area contributed by atoms with Gasteiger partial charge in [-0.05, 0) is 55.6 Å². The summed E-state index contributed by atoms with van der Waals surface area (Å²) in [5.74, 6) is 0.680. The van der Waals surface area contributed by atoms with Gasteiger partial charge >= 0.3 is 5.97 Å². The Hall–Kier alpha value is -1.64. The Morgan fingerprint density at radius 3 is 2.70 bits per heavy atom. The van der Waals surface area contributed by atoms with E-state index in [1.165, 1.54) is 0 Å². The van der Waals surface area contributed by atoms with Crippen LogP contribution in [0.2, 0.25) is 0 Å². The van der Waals surface area contributed by atoms with E-state index in [1.54, 1.807) is 12.1 Å². The standard InChI is InChI=1S/C20H26O3/c1-14(13-21)16-10-11-17-18(9-6-12-20(16,17)2)23-19(22)15-7-4-3-5-8-15/h3-5,7-8,13-14,16-18H,6,9-12H2,1-2H3/t14?,16?,17?,18?,20-/m1/s1. The number of esters is 1. The second-order valence-electron chi connectivity index (χ2n) is 7.49. The van der Waals surface area contributed by atoms with Crippen molar-refractivity contribution in [1.82, 2.24) is 0 Å². The van der Waals surface area contributed by atoms with E-state index in [1.807, 2.05) is 25.1 Å². The number of hydrogen-bond acceptors (Lipinski definition) is 3. The van der Waals surface area contributed by atoms with Gasteiger partial charge in [0.15, 0.2) is 0 Å². The molecule has 2 aliphatic carbocycles. The van der Waals surface area contributed by atoms with E-state index >= 15 is 0 Å². The summed E-state index contributed by atoms with van der Waals surface area (Å²) in [5.41, 5.74) is 0.746. The molecule has 23 heavy (non-hydrogen) atoms. The molecule has 3 rings (SSSR count). The molecule has 0 bridgehead atoms. The predicted molar refractivity (Wildman–Crippen MR) is 89.0 cm³/mol. The first-order valence-corrected chi connectivity index (χ1v) is 8.77. The highest BCUT2D eigenvalue weighted by molar-refractivity contribution is 5.89. The third-order valence-corrected chi connectivity index (χ3v) is 6.25. The zero-order valence-corrected chi connectivity index (χ0v) is 14.0. The lowest BCUT2D eigenvalue weighted by Gasteiger charge is -2.45. The molecule has 0 spiro atoms. The van der Waals surface area contributed by atoms with E-state index in [4.69, 9.17) is 4.74 Å². The molecule has 0 saturated heterocycles. The summed E-state index contributed by atoms with van der Waals surface area (Å²) in [4.78, 5) is 23.7. The van der Waals surface area contributed by atoms with Crippen molar-refractivity contribution >= 4 is 12.3 Å². The smallest absolute Gasteiger partial charge is 0.338 e. The predicted octanol–water partition coefficient (Wildman–Crippen LogP) is 4.26. The van der Waals surface area contributed by atoms with Gasteiger partial charge in [0.2, 0.25) is 0 Å². The van der Waals surface area contributed by atoms with Gasteiger partial charge < -0.3 is 9.53 Å². The molecule has 3 heteroatoms. The Labute approximate surface area is 138 Å². The zero-order valence-electron chi connectivity index (χ0n) is 14.0. The van der Waals surface area contributed by atoms with Crippen LogP contribution in [0.15, 0.2) is 30.3 Å². The van der Waals surface area contributed by atoms with Gasteiger partial charge in [0.05, 0.1) is 5.56 Å². The lowest BCUT2D eigenvalue weighted by Crippen LogP contribution is -2.43. The molecule has 2 fully saturated rings. The molecular formula is C20H26O3. The van der Waals surface area contributed by atoms with Crippen molar-refractivity contribution in [1.29, 1.82) is 0 Å². The summed E-state index contributed by atoms with van der Waals surface area (Å²) < 4.78 is 5.89. The van der Waals surface area contributed by atoms with Crippen LogP contribution in [0.1, 0.15) is 56.3 Å². The van der Waals surface area contributed by atoms with Crippen LogP contribution in [0.4, 0.5) is 0 Å². The normalized spacial score (nSPS) is 34.4. The first-order chi connectivity index (χ1) is 11.1. The quantitative estimate of drug-likeness (QED) is 0.616. The van der Waals surface area contributed by atoms with E-state index in [2.05, 4.69) is 6.92 Å². The Kier molecular flexibility index (Phi) is 4.56. The molecule has 0 heterocycles. The van der Waals surface area contributed by atoms with Crippen molar-refractivity contribution in [2.75, 3.05) is 0 Å². The van der Waals surface area contributed by atoms with Crippen molar-refractivity contribution in [2.45, 2.75) is 52.1 Å². The summed E-state index contributed by atoms with van der Waals surface area (Å²) in [6, 6.07) is 9.22. The zero-order chi connectivity index (χ0) is 16.4. The van der Waals surface area contributed by atoms with Crippen LogP contribution in [-0.2, 0) is 9.53 Å². The van der Waals surface area contributed by atoms with Gasteiger partial charge in [0, 0.05) is 11.8 Å². The molecule has 124 valence electrons. The molecule has 2 aliphatic rings.